The SMILES string of the molecule is COc1ccc(CSCC(=O)N/N=C\c2ccc(OCc3ccc([N+](=O)[O-])cc3)cc2)cc1. The van der Waals surface area contributed by atoms with Crippen molar-refractivity contribution in [3.63, 3.8) is 0 Å². The first-order valence-corrected chi connectivity index (χ1v) is 11.2. The maximum Gasteiger partial charge on any atom is 0.269 e. The van der Waals surface area contributed by atoms with Crippen LogP contribution in [-0.4, -0.2) is 29.9 Å². The van der Waals surface area contributed by atoms with Crippen molar-refractivity contribution in [1.29, 1.82) is 0 Å². The molecule has 3 aromatic carbocycles. The highest BCUT2D eigenvalue weighted by molar-refractivity contribution is 7.99. The first-order valence-electron chi connectivity index (χ1n) is 10.0. The summed E-state index contributed by atoms with van der Waals surface area (Å²) in [4.78, 5) is 22.2. The number of nitro groups is 1. The van der Waals surface area contributed by atoms with E-state index in [2.05, 4.69) is 10.5 Å². The monoisotopic (exact) mass is 465 g/mol. The van der Waals surface area contributed by atoms with Gasteiger partial charge in [0.05, 0.1) is 24.0 Å². The van der Waals surface area contributed by atoms with Crippen LogP contribution in [0.5, 0.6) is 11.5 Å². The molecule has 170 valence electrons. The summed E-state index contributed by atoms with van der Waals surface area (Å²) in [5, 5.41) is 14.7. The third-order valence-electron chi connectivity index (χ3n) is 4.50. The lowest BCUT2D eigenvalue weighted by Gasteiger charge is -2.06. The number of hydrogen-bond acceptors (Lipinski definition) is 7. The average molecular weight is 466 g/mol. The first-order chi connectivity index (χ1) is 16.0. The molecule has 0 fully saturated rings. The van der Waals surface area contributed by atoms with Gasteiger partial charge in [0.1, 0.15) is 18.1 Å². The van der Waals surface area contributed by atoms with Gasteiger partial charge in [-0.1, -0.05) is 12.1 Å². The van der Waals surface area contributed by atoms with Gasteiger partial charge in [0, 0.05) is 17.9 Å². The molecule has 0 saturated carbocycles. The van der Waals surface area contributed by atoms with Crippen molar-refractivity contribution in [1.82, 2.24) is 5.43 Å². The normalized spacial score (nSPS) is 10.7. The van der Waals surface area contributed by atoms with E-state index in [9.17, 15) is 14.9 Å². The molecular formula is C24H23N3O5S. The van der Waals surface area contributed by atoms with E-state index in [0.717, 1.165) is 28.2 Å². The molecule has 0 unspecified atom stereocenters. The summed E-state index contributed by atoms with van der Waals surface area (Å²) >= 11 is 1.51. The largest absolute Gasteiger partial charge is 0.497 e. The van der Waals surface area contributed by atoms with Crippen molar-refractivity contribution < 1.29 is 19.2 Å². The molecule has 0 aliphatic carbocycles. The molecule has 1 amide bonds. The number of carbonyl (C=O) groups excluding carboxylic acids is 1. The third kappa shape index (κ3) is 7.97. The van der Waals surface area contributed by atoms with Crippen LogP contribution in [0.15, 0.2) is 77.9 Å². The number of ether oxygens (including phenoxy) is 2. The number of thioether (sulfide) groups is 1. The van der Waals surface area contributed by atoms with Crippen molar-refractivity contribution in [2.24, 2.45) is 5.10 Å². The molecule has 3 rings (SSSR count). The number of non-ortho nitro benzene ring substituents is 1. The molecule has 0 radical (unpaired) electrons. The van der Waals surface area contributed by atoms with E-state index in [1.54, 1.807) is 37.6 Å². The zero-order valence-corrected chi connectivity index (χ0v) is 18.8. The Morgan fingerprint density at radius 3 is 2.27 bits per heavy atom. The van der Waals surface area contributed by atoms with E-state index in [-0.39, 0.29) is 11.6 Å². The summed E-state index contributed by atoms with van der Waals surface area (Å²) in [7, 11) is 1.63. The average Bonchev–Trinajstić information content (AvgIpc) is 2.84. The lowest BCUT2D eigenvalue weighted by molar-refractivity contribution is -0.384. The number of hydrazone groups is 1. The summed E-state index contributed by atoms with van der Waals surface area (Å²) < 4.78 is 10.8. The number of nitrogens with one attached hydrogen (secondary N) is 1. The number of amides is 1. The van der Waals surface area contributed by atoms with Gasteiger partial charge in [-0.2, -0.15) is 5.10 Å². The molecule has 0 bridgehead atoms. The fraction of sp³-hybridized carbons (Fsp3) is 0.167. The number of methoxy groups -OCH3 is 1. The van der Waals surface area contributed by atoms with Crippen molar-refractivity contribution >= 4 is 29.6 Å². The summed E-state index contributed by atoms with van der Waals surface area (Å²) in [5.41, 5.74) is 5.33. The minimum atomic E-state index is -0.436. The molecule has 3 aromatic rings. The standard InChI is InChI=1S/C24H23N3O5S/c1-31-22-10-6-20(7-11-22)16-33-17-24(28)26-25-14-18-4-12-23(13-5-18)32-15-19-2-8-21(9-3-19)27(29)30/h2-14H,15-17H2,1H3,(H,26,28)/b25-14-. The lowest BCUT2D eigenvalue weighted by atomic mass is 10.2. The highest BCUT2D eigenvalue weighted by Gasteiger charge is 2.04. The fourth-order valence-corrected chi connectivity index (χ4v) is 3.51. The van der Waals surface area contributed by atoms with Gasteiger partial charge >= 0.3 is 0 Å². The second-order valence-electron chi connectivity index (χ2n) is 6.92. The van der Waals surface area contributed by atoms with Gasteiger partial charge in [-0.25, -0.2) is 5.43 Å². The van der Waals surface area contributed by atoms with Crippen molar-refractivity contribution in [3.8, 4) is 11.5 Å². The van der Waals surface area contributed by atoms with Crippen molar-refractivity contribution in [2.75, 3.05) is 12.9 Å². The quantitative estimate of drug-likeness (QED) is 0.253. The Bertz CT molecular complexity index is 1080. The number of benzene rings is 3. The highest BCUT2D eigenvalue weighted by atomic mass is 32.2. The second-order valence-corrected chi connectivity index (χ2v) is 7.90. The topological polar surface area (TPSA) is 103 Å². The van der Waals surface area contributed by atoms with E-state index in [1.165, 1.54) is 23.9 Å². The Morgan fingerprint density at radius 1 is 1.00 bits per heavy atom. The molecule has 9 heteroatoms. The zero-order chi connectivity index (χ0) is 23.5. The molecule has 0 aliphatic rings. The maximum atomic E-state index is 11.9. The van der Waals surface area contributed by atoms with Crippen molar-refractivity contribution in [2.45, 2.75) is 12.4 Å². The van der Waals surface area contributed by atoms with Crippen LogP contribution >= 0.6 is 11.8 Å². The fourth-order valence-electron chi connectivity index (χ4n) is 2.73. The lowest BCUT2D eigenvalue weighted by Crippen LogP contribution is -2.19. The first kappa shape index (κ1) is 23.8. The molecule has 0 saturated heterocycles. The Hall–Kier alpha value is -3.85. The Labute approximate surface area is 195 Å². The molecule has 0 aliphatic heterocycles. The number of nitro benzene ring substituents is 1. The van der Waals surface area contributed by atoms with E-state index < -0.39 is 4.92 Å². The van der Waals surface area contributed by atoms with Gasteiger partial charge in [-0.3, -0.25) is 14.9 Å². The van der Waals surface area contributed by atoms with Gasteiger partial charge in [0.25, 0.3) is 5.69 Å². The molecule has 0 atom stereocenters. The minimum absolute atomic E-state index is 0.0466. The van der Waals surface area contributed by atoms with Crippen LogP contribution in [0.2, 0.25) is 0 Å². The van der Waals surface area contributed by atoms with Gasteiger partial charge in [0.15, 0.2) is 0 Å². The van der Waals surface area contributed by atoms with Gasteiger partial charge < -0.3 is 9.47 Å². The van der Waals surface area contributed by atoms with E-state index in [0.29, 0.717) is 18.1 Å². The molecule has 0 heterocycles. The molecular weight excluding hydrogens is 442 g/mol. The predicted octanol–water partition coefficient (Wildman–Crippen LogP) is 4.57. The minimum Gasteiger partial charge on any atom is -0.497 e. The third-order valence-corrected chi connectivity index (χ3v) is 5.50. The van der Waals surface area contributed by atoms with E-state index in [4.69, 9.17) is 9.47 Å². The van der Waals surface area contributed by atoms with Crippen LogP contribution < -0.4 is 14.9 Å². The van der Waals surface area contributed by atoms with Crippen molar-refractivity contribution in [3.05, 3.63) is 99.6 Å². The molecule has 1 N–H and O–H groups in total. The van der Waals surface area contributed by atoms with Crippen LogP contribution in [0, 0.1) is 10.1 Å². The maximum absolute atomic E-state index is 11.9. The number of nitrogens with zero attached hydrogens (tertiary/aromatic N) is 2. The number of rotatable bonds is 11. The molecule has 33 heavy (non-hydrogen) atoms. The Morgan fingerprint density at radius 2 is 1.64 bits per heavy atom. The van der Waals surface area contributed by atoms with Gasteiger partial charge in [-0.15, -0.1) is 11.8 Å². The molecule has 8 nitrogen and oxygen atoms in total. The summed E-state index contributed by atoms with van der Waals surface area (Å²) in [6.07, 6.45) is 1.56. The second kappa shape index (κ2) is 12.3. The summed E-state index contributed by atoms with van der Waals surface area (Å²) in [6, 6.07) is 21.2. The van der Waals surface area contributed by atoms with Crippen LogP contribution in [0.1, 0.15) is 16.7 Å². The van der Waals surface area contributed by atoms with E-state index in [1.807, 2.05) is 36.4 Å². The highest BCUT2D eigenvalue weighted by Crippen LogP contribution is 2.17. The Kier molecular flexibility index (Phi) is 8.84. The zero-order valence-electron chi connectivity index (χ0n) is 18.0. The van der Waals surface area contributed by atoms with Gasteiger partial charge in [0.2, 0.25) is 5.91 Å². The van der Waals surface area contributed by atoms with E-state index >= 15 is 0 Å². The molecule has 0 spiro atoms. The van der Waals surface area contributed by atoms with Crippen LogP contribution in [-0.2, 0) is 17.2 Å². The summed E-state index contributed by atoms with van der Waals surface area (Å²) in [5.74, 6) is 2.32. The summed E-state index contributed by atoms with van der Waals surface area (Å²) in [6.45, 7) is 0.301. The molecule has 0 aromatic heterocycles. The van der Waals surface area contributed by atoms with Gasteiger partial charge in [-0.05, 0) is 65.2 Å². The predicted molar refractivity (Wildman–Crippen MR) is 129 cm³/mol. The smallest absolute Gasteiger partial charge is 0.269 e. The van der Waals surface area contributed by atoms with Crippen LogP contribution in [0.4, 0.5) is 5.69 Å². The number of carbonyl (C=O) groups is 1. The Balaban J connectivity index is 1.37. The van der Waals surface area contributed by atoms with Crippen LogP contribution in [0.25, 0.3) is 0 Å². The van der Waals surface area contributed by atoms with Crippen LogP contribution in [0.3, 0.4) is 0 Å². The number of hydrogen-bond donors (Lipinski definition) is 1.